The van der Waals surface area contributed by atoms with Gasteiger partial charge in [-0.1, -0.05) is 27.7 Å². The average molecular weight is 250 g/mol. The first-order valence-electron chi connectivity index (χ1n) is 5.91. The topological polar surface area (TPSA) is 32.3 Å². The van der Waals surface area contributed by atoms with Crippen LogP contribution in [0.4, 0.5) is 0 Å². The highest BCUT2D eigenvalue weighted by Crippen LogP contribution is 2.19. The molecule has 3 nitrogen and oxygen atoms in total. The van der Waals surface area contributed by atoms with E-state index < -0.39 is 0 Å². The lowest BCUT2D eigenvalue weighted by atomic mass is 9.89. The lowest BCUT2D eigenvalue weighted by Gasteiger charge is -2.22. The molecule has 0 bridgehead atoms. The van der Waals surface area contributed by atoms with E-state index in [1.54, 1.807) is 0 Å². The minimum Gasteiger partial charge on any atom is -1.00 e. The molecule has 0 fully saturated rings. The van der Waals surface area contributed by atoms with E-state index in [-0.39, 0.29) is 23.7 Å². The van der Waals surface area contributed by atoms with Crippen LogP contribution in [0.3, 0.4) is 0 Å². The van der Waals surface area contributed by atoms with E-state index in [0.29, 0.717) is 0 Å². The van der Waals surface area contributed by atoms with Crippen molar-refractivity contribution in [1.29, 1.82) is 0 Å². The van der Waals surface area contributed by atoms with Crippen LogP contribution in [0.2, 0.25) is 0 Å². The molecule has 0 aromatic heterocycles. The summed E-state index contributed by atoms with van der Waals surface area (Å²) in [6, 6.07) is 0. The number of halogens is 1. The zero-order valence-corrected chi connectivity index (χ0v) is 12.0. The second-order valence-electron chi connectivity index (χ2n) is 4.74. The number of carbonyl (C=O) groups is 1. The molecule has 0 aromatic rings. The fraction of sp³-hybridized carbons (Fsp3) is 0.917. The Labute approximate surface area is 106 Å². The zero-order valence-electron chi connectivity index (χ0n) is 11.3. The first kappa shape index (κ1) is 18.1. The van der Waals surface area contributed by atoms with E-state index in [4.69, 9.17) is 0 Å². The Morgan fingerprint density at radius 3 is 2.31 bits per heavy atom. The van der Waals surface area contributed by atoms with Gasteiger partial charge >= 0.3 is 0 Å². The fourth-order valence-corrected chi connectivity index (χ4v) is 1.11. The van der Waals surface area contributed by atoms with E-state index >= 15 is 0 Å². The van der Waals surface area contributed by atoms with E-state index in [1.807, 2.05) is 20.8 Å². The molecule has 0 unspecified atom stereocenters. The minimum atomic E-state index is -0.226. The van der Waals surface area contributed by atoms with Crippen molar-refractivity contribution in [2.75, 3.05) is 26.7 Å². The molecular formula is C12H26ClN2O-. The van der Waals surface area contributed by atoms with E-state index in [0.717, 1.165) is 32.5 Å². The molecule has 0 atom stereocenters. The van der Waals surface area contributed by atoms with Crippen molar-refractivity contribution in [2.45, 2.75) is 40.5 Å². The van der Waals surface area contributed by atoms with Crippen LogP contribution in [0.1, 0.15) is 40.5 Å². The first-order valence-corrected chi connectivity index (χ1v) is 5.91. The number of hydrogen-bond acceptors (Lipinski definition) is 2. The quantitative estimate of drug-likeness (QED) is 0.580. The van der Waals surface area contributed by atoms with Crippen molar-refractivity contribution >= 4 is 5.91 Å². The predicted octanol–water partition coefficient (Wildman–Crippen LogP) is -1.12. The predicted molar refractivity (Wildman–Crippen MR) is 64.9 cm³/mol. The largest absolute Gasteiger partial charge is 1.00 e. The molecule has 0 saturated heterocycles. The van der Waals surface area contributed by atoms with Crippen LogP contribution in [0, 0.1) is 5.41 Å². The third kappa shape index (κ3) is 7.07. The highest BCUT2D eigenvalue weighted by atomic mass is 35.5. The number of rotatable bonds is 7. The second kappa shape index (κ2) is 8.82. The monoisotopic (exact) mass is 249 g/mol. The van der Waals surface area contributed by atoms with E-state index in [2.05, 4.69) is 24.2 Å². The molecule has 0 rings (SSSR count). The fourth-order valence-electron chi connectivity index (χ4n) is 1.11. The summed E-state index contributed by atoms with van der Waals surface area (Å²) < 4.78 is 0. The van der Waals surface area contributed by atoms with Crippen LogP contribution in [-0.4, -0.2) is 37.5 Å². The summed E-state index contributed by atoms with van der Waals surface area (Å²) in [6.45, 7) is 11.1. The van der Waals surface area contributed by atoms with Gasteiger partial charge in [-0.05, 0) is 33.0 Å². The van der Waals surface area contributed by atoms with Crippen molar-refractivity contribution in [3.8, 4) is 0 Å². The molecule has 0 aromatic carbocycles. The van der Waals surface area contributed by atoms with Gasteiger partial charge in [-0.15, -0.1) is 0 Å². The summed E-state index contributed by atoms with van der Waals surface area (Å²) >= 11 is 0. The maximum absolute atomic E-state index is 11.7. The Bertz CT molecular complexity index is 195. The SMILES string of the molecule is CCN(C)CCCNC(=O)C(C)(C)CC.[Cl-]. The van der Waals surface area contributed by atoms with Gasteiger partial charge in [-0.25, -0.2) is 0 Å². The van der Waals surface area contributed by atoms with Crippen molar-refractivity contribution in [2.24, 2.45) is 5.41 Å². The molecule has 0 radical (unpaired) electrons. The molecule has 0 aliphatic heterocycles. The van der Waals surface area contributed by atoms with Crippen molar-refractivity contribution in [3.63, 3.8) is 0 Å². The van der Waals surface area contributed by atoms with Gasteiger partial charge in [0, 0.05) is 12.0 Å². The van der Waals surface area contributed by atoms with Gasteiger partial charge < -0.3 is 22.6 Å². The van der Waals surface area contributed by atoms with Gasteiger partial charge in [0.1, 0.15) is 0 Å². The van der Waals surface area contributed by atoms with Crippen molar-refractivity contribution in [1.82, 2.24) is 10.2 Å². The summed E-state index contributed by atoms with van der Waals surface area (Å²) in [5.74, 6) is 0.171. The number of amides is 1. The molecule has 0 aliphatic carbocycles. The van der Waals surface area contributed by atoms with Gasteiger partial charge in [0.05, 0.1) is 0 Å². The van der Waals surface area contributed by atoms with Crippen LogP contribution >= 0.6 is 0 Å². The Kier molecular flexibility index (Phi) is 9.98. The Morgan fingerprint density at radius 1 is 1.31 bits per heavy atom. The Hall–Kier alpha value is -0.280. The van der Waals surface area contributed by atoms with Gasteiger partial charge in [0.15, 0.2) is 0 Å². The molecule has 1 N–H and O–H groups in total. The molecule has 0 saturated carbocycles. The van der Waals surface area contributed by atoms with E-state index in [1.165, 1.54) is 0 Å². The maximum Gasteiger partial charge on any atom is 0.225 e. The van der Waals surface area contributed by atoms with Crippen LogP contribution in [-0.2, 0) is 4.79 Å². The Morgan fingerprint density at radius 2 is 1.88 bits per heavy atom. The lowest BCUT2D eigenvalue weighted by Crippen LogP contribution is -3.00. The molecule has 4 heteroatoms. The molecule has 0 heterocycles. The lowest BCUT2D eigenvalue weighted by molar-refractivity contribution is -0.129. The van der Waals surface area contributed by atoms with Gasteiger partial charge in [-0.2, -0.15) is 0 Å². The summed E-state index contributed by atoms with van der Waals surface area (Å²) in [6.07, 6.45) is 1.91. The van der Waals surface area contributed by atoms with Crippen molar-refractivity contribution < 1.29 is 17.2 Å². The third-order valence-corrected chi connectivity index (χ3v) is 3.04. The molecule has 0 spiro atoms. The standard InChI is InChI=1S/C12H26N2O.ClH/c1-6-12(3,4)11(15)13-9-8-10-14(5)7-2;/h6-10H2,1-5H3,(H,13,15);1H/p-1. The van der Waals surface area contributed by atoms with Gasteiger partial charge in [-0.3, -0.25) is 4.79 Å². The van der Waals surface area contributed by atoms with Crippen LogP contribution < -0.4 is 17.7 Å². The normalized spacial score (nSPS) is 11.1. The highest BCUT2D eigenvalue weighted by molar-refractivity contribution is 5.81. The summed E-state index contributed by atoms with van der Waals surface area (Å²) in [5, 5.41) is 2.99. The summed E-state index contributed by atoms with van der Waals surface area (Å²) in [5.41, 5.74) is -0.226. The summed E-state index contributed by atoms with van der Waals surface area (Å²) in [7, 11) is 2.10. The van der Waals surface area contributed by atoms with Crippen LogP contribution in [0.5, 0.6) is 0 Å². The second-order valence-corrected chi connectivity index (χ2v) is 4.74. The summed E-state index contributed by atoms with van der Waals surface area (Å²) in [4.78, 5) is 13.9. The van der Waals surface area contributed by atoms with Crippen LogP contribution in [0.25, 0.3) is 0 Å². The number of nitrogens with zero attached hydrogens (tertiary/aromatic N) is 1. The van der Waals surface area contributed by atoms with Crippen LogP contribution in [0.15, 0.2) is 0 Å². The number of carbonyl (C=O) groups excluding carboxylic acids is 1. The van der Waals surface area contributed by atoms with Crippen molar-refractivity contribution in [3.05, 3.63) is 0 Å². The molecule has 98 valence electrons. The number of nitrogens with one attached hydrogen (secondary N) is 1. The number of hydrogen-bond donors (Lipinski definition) is 1. The van der Waals surface area contributed by atoms with E-state index in [9.17, 15) is 4.79 Å². The maximum atomic E-state index is 11.7. The third-order valence-electron chi connectivity index (χ3n) is 3.04. The van der Waals surface area contributed by atoms with Gasteiger partial charge in [0.2, 0.25) is 5.91 Å². The molecule has 16 heavy (non-hydrogen) atoms. The van der Waals surface area contributed by atoms with Gasteiger partial charge in [0.25, 0.3) is 0 Å². The molecule has 1 amide bonds. The zero-order chi connectivity index (χ0) is 11.9. The Balaban J connectivity index is 0. The average Bonchev–Trinajstić information content (AvgIpc) is 2.23. The molecular weight excluding hydrogens is 224 g/mol. The smallest absolute Gasteiger partial charge is 0.225 e. The minimum absolute atomic E-state index is 0. The highest BCUT2D eigenvalue weighted by Gasteiger charge is 2.24. The first-order chi connectivity index (χ1) is 6.94. The molecule has 0 aliphatic rings.